The molecule has 37 heavy (non-hydrogen) atoms. The lowest BCUT2D eigenvalue weighted by Gasteiger charge is -2.17. The maximum Gasteiger partial charge on any atom is 0.119 e. The van der Waals surface area contributed by atoms with Gasteiger partial charge in [-0.05, 0) is 114 Å². The predicted octanol–water partition coefficient (Wildman–Crippen LogP) is 8.76. The van der Waals surface area contributed by atoms with E-state index in [4.69, 9.17) is 9.15 Å². The van der Waals surface area contributed by atoms with Crippen LogP contribution < -0.4 is 4.74 Å². The first-order chi connectivity index (χ1) is 18.3. The van der Waals surface area contributed by atoms with Crippen molar-refractivity contribution in [2.75, 3.05) is 12.4 Å². The summed E-state index contributed by atoms with van der Waals surface area (Å²) in [6.07, 6.45) is 8.19. The molecule has 1 aliphatic rings. The van der Waals surface area contributed by atoms with E-state index in [-0.39, 0.29) is 0 Å². The van der Waals surface area contributed by atoms with Crippen molar-refractivity contribution < 1.29 is 14.3 Å². The zero-order valence-corrected chi connectivity index (χ0v) is 22.0. The molecule has 0 saturated heterocycles. The first-order valence-corrected chi connectivity index (χ1v) is 14.4. The highest BCUT2D eigenvalue weighted by Crippen LogP contribution is 2.41. The second-order valence-electron chi connectivity index (χ2n) is 9.48. The molecule has 0 radical (unpaired) electrons. The fourth-order valence-electron chi connectivity index (χ4n) is 4.99. The lowest BCUT2D eigenvalue weighted by molar-refractivity contribution is 0.306. The Labute approximate surface area is 224 Å². The Hall–Kier alpha value is -3.37. The summed E-state index contributed by atoms with van der Waals surface area (Å²) in [5.74, 6) is 4.39. The van der Waals surface area contributed by atoms with Gasteiger partial charge < -0.3 is 14.3 Å². The van der Waals surface area contributed by atoms with Gasteiger partial charge in [-0.25, -0.2) is 0 Å². The minimum Gasteiger partial charge on any atom is -0.508 e. The highest BCUT2D eigenvalue weighted by molar-refractivity contribution is 7.98. The van der Waals surface area contributed by atoms with Crippen LogP contribution in [-0.4, -0.2) is 17.5 Å². The van der Waals surface area contributed by atoms with Crippen molar-refractivity contribution in [3.63, 3.8) is 0 Å². The number of benzene rings is 3. The number of fused-ring (bicyclic) bond motifs is 1. The third kappa shape index (κ3) is 6.69. The largest absolute Gasteiger partial charge is 0.508 e. The summed E-state index contributed by atoms with van der Waals surface area (Å²) in [5, 5.41) is 10.1. The number of hydrogen-bond acceptors (Lipinski definition) is 4. The highest BCUT2D eigenvalue weighted by atomic mass is 32.2. The molecule has 1 aromatic heterocycles. The van der Waals surface area contributed by atoms with E-state index in [1.165, 1.54) is 46.2 Å². The smallest absolute Gasteiger partial charge is 0.119 e. The lowest BCUT2D eigenvalue weighted by atomic mass is 9.88. The molecular weight excluding hydrogens is 476 g/mol. The summed E-state index contributed by atoms with van der Waals surface area (Å²) < 4.78 is 11.4. The van der Waals surface area contributed by atoms with Crippen LogP contribution in [0.1, 0.15) is 60.1 Å². The number of phenolic OH excluding ortho intramolecular Hbond substituents is 1. The number of unbranched alkanes of at least 4 members (excludes halogenated alkanes) is 2. The van der Waals surface area contributed by atoms with Crippen LogP contribution in [0.25, 0.3) is 11.1 Å². The van der Waals surface area contributed by atoms with Gasteiger partial charge in [0.2, 0.25) is 0 Å². The van der Waals surface area contributed by atoms with Gasteiger partial charge in [0, 0.05) is 0 Å². The van der Waals surface area contributed by atoms with E-state index in [1.807, 2.05) is 30.0 Å². The van der Waals surface area contributed by atoms with Gasteiger partial charge in [0.1, 0.15) is 17.3 Å². The average molecular weight is 511 g/mol. The summed E-state index contributed by atoms with van der Waals surface area (Å²) in [7, 11) is 0. The third-order valence-corrected chi connectivity index (χ3v) is 7.89. The molecule has 5 rings (SSSR count). The van der Waals surface area contributed by atoms with Crippen molar-refractivity contribution >= 4 is 22.9 Å². The number of allylic oxidation sites excluding steroid dienone is 1. The normalized spacial score (nSPS) is 13.3. The molecule has 3 aromatic carbocycles. The van der Waals surface area contributed by atoms with Gasteiger partial charge >= 0.3 is 0 Å². The quantitative estimate of drug-likeness (QED) is 0.205. The van der Waals surface area contributed by atoms with E-state index in [9.17, 15) is 5.11 Å². The van der Waals surface area contributed by atoms with E-state index in [0.29, 0.717) is 5.75 Å². The Balaban J connectivity index is 1.23. The summed E-state index contributed by atoms with van der Waals surface area (Å²) in [4.78, 5) is 0. The van der Waals surface area contributed by atoms with Crippen LogP contribution in [0.15, 0.2) is 95.6 Å². The Morgan fingerprint density at radius 2 is 1.68 bits per heavy atom. The van der Waals surface area contributed by atoms with Gasteiger partial charge in [0.05, 0.1) is 18.6 Å². The van der Waals surface area contributed by atoms with Crippen LogP contribution in [0.5, 0.6) is 11.5 Å². The summed E-state index contributed by atoms with van der Waals surface area (Å²) >= 11 is 1.92. The standard InChI is InChI=1S/C33H34O3S/c34-28-16-19-32-27(23-28)11-7-13-31(25-9-3-1-4-10-25)33(32)26-14-17-29(18-15-26)35-20-5-2-6-22-37-24-30-12-8-21-36-30/h1,3-4,8-10,12,14-19,21,23,34H,2,5-7,11,13,20,22,24H2. The zero-order chi connectivity index (χ0) is 25.3. The second-order valence-corrected chi connectivity index (χ2v) is 10.6. The molecular formula is C33H34O3S. The number of thioether (sulfide) groups is 1. The highest BCUT2D eigenvalue weighted by Gasteiger charge is 2.20. The Morgan fingerprint density at radius 1 is 0.811 bits per heavy atom. The van der Waals surface area contributed by atoms with E-state index < -0.39 is 0 Å². The first-order valence-electron chi connectivity index (χ1n) is 13.2. The predicted molar refractivity (Wildman–Crippen MR) is 154 cm³/mol. The molecule has 1 N–H and O–H groups in total. The summed E-state index contributed by atoms with van der Waals surface area (Å²) in [6, 6.07) is 29.0. The van der Waals surface area contributed by atoms with Crippen molar-refractivity contribution in [2.24, 2.45) is 0 Å². The summed E-state index contributed by atoms with van der Waals surface area (Å²) in [6.45, 7) is 0.738. The van der Waals surface area contributed by atoms with Crippen LogP contribution >= 0.6 is 11.8 Å². The molecule has 0 saturated carbocycles. The van der Waals surface area contributed by atoms with Gasteiger partial charge in [-0.3, -0.25) is 0 Å². The van der Waals surface area contributed by atoms with Crippen LogP contribution in [0.4, 0.5) is 0 Å². The number of ether oxygens (including phenoxy) is 1. The fourth-order valence-corrected chi connectivity index (χ4v) is 5.91. The van der Waals surface area contributed by atoms with Crippen LogP contribution in [-0.2, 0) is 12.2 Å². The van der Waals surface area contributed by atoms with Gasteiger partial charge in [-0.15, -0.1) is 0 Å². The number of aryl methyl sites for hydroxylation is 1. The van der Waals surface area contributed by atoms with Crippen molar-refractivity contribution in [1.82, 2.24) is 0 Å². The SMILES string of the molecule is Oc1ccc2c(c1)CCCC(c1ccccc1)=C2c1ccc(OCCCCCSCc2ccco2)cc1. The van der Waals surface area contributed by atoms with E-state index >= 15 is 0 Å². The second kappa shape index (κ2) is 12.7. The summed E-state index contributed by atoms with van der Waals surface area (Å²) in [5.41, 5.74) is 7.51. The van der Waals surface area contributed by atoms with E-state index in [2.05, 4.69) is 60.7 Å². The molecule has 0 atom stereocenters. The molecule has 3 nitrogen and oxygen atoms in total. The molecule has 0 fully saturated rings. The number of furan rings is 1. The topological polar surface area (TPSA) is 42.6 Å². The number of aromatic hydroxyl groups is 1. The van der Waals surface area contributed by atoms with Crippen molar-refractivity contribution in [3.05, 3.63) is 119 Å². The van der Waals surface area contributed by atoms with Crippen LogP contribution in [0.3, 0.4) is 0 Å². The molecule has 0 aliphatic heterocycles. The van der Waals surface area contributed by atoms with E-state index in [0.717, 1.165) is 55.3 Å². The van der Waals surface area contributed by atoms with Gasteiger partial charge in [0.25, 0.3) is 0 Å². The average Bonchev–Trinajstić information content (AvgIpc) is 3.38. The van der Waals surface area contributed by atoms with E-state index in [1.54, 1.807) is 12.3 Å². The first kappa shape index (κ1) is 25.3. The molecule has 0 unspecified atom stereocenters. The maximum atomic E-state index is 10.1. The molecule has 4 aromatic rings. The Bertz CT molecular complexity index is 1290. The zero-order valence-electron chi connectivity index (χ0n) is 21.2. The number of hydrogen-bond donors (Lipinski definition) is 1. The number of rotatable bonds is 11. The lowest BCUT2D eigenvalue weighted by Crippen LogP contribution is -1.99. The van der Waals surface area contributed by atoms with Crippen molar-refractivity contribution in [2.45, 2.75) is 44.3 Å². The molecule has 1 heterocycles. The van der Waals surface area contributed by atoms with Gasteiger partial charge in [0.15, 0.2) is 0 Å². The van der Waals surface area contributed by atoms with Crippen LogP contribution in [0.2, 0.25) is 0 Å². The van der Waals surface area contributed by atoms with Crippen LogP contribution in [0, 0.1) is 0 Å². The number of phenols is 1. The fraction of sp³-hybridized carbons (Fsp3) is 0.273. The molecule has 4 heteroatoms. The molecule has 190 valence electrons. The Morgan fingerprint density at radius 3 is 2.49 bits per heavy atom. The monoisotopic (exact) mass is 510 g/mol. The minimum absolute atomic E-state index is 0.334. The molecule has 0 bridgehead atoms. The molecule has 0 spiro atoms. The molecule has 0 amide bonds. The molecule has 1 aliphatic carbocycles. The maximum absolute atomic E-state index is 10.1. The van der Waals surface area contributed by atoms with Gasteiger partial charge in [-0.2, -0.15) is 11.8 Å². The van der Waals surface area contributed by atoms with Crippen molar-refractivity contribution in [3.8, 4) is 11.5 Å². The van der Waals surface area contributed by atoms with Gasteiger partial charge in [-0.1, -0.05) is 48.5 Å². The van der Waals surface area contributed by atoms with Crippen molar-refractivity contribution in [1.29, 1.82) is 0 Å². The Kier molecular flexibility index (Phi) is 8.70. The minimum atomic E-state index is 0.334. The third-order valence-electron chi connectivity index (χ3n) is 6.82.